The molecule has 0 spiro atoms. The second-order valence-corrected chi connectivity index (χ2v) is 5.15. The Hall–Kier alpha value is -2.53. The van der Waals surface area contributed by atoms with E-state index in [0.29, 0.717) is 33.3 Å². The summed E-state index contributed by atoms with van der Waals surface area (Å²) in [7, 11) is 0. The fraction of sp³-hybridized carbons (Fsp3) is 0.125. The van der Waals surface area contributed by atoms with Crippen LogP contribution in [0.3, 0.4) is 0 Å². The highest BCUT2D eigenvalue weighted by Crippen LogP contribution is 2.39. The quantitative estimate of drug-likeness (QED) is 0.880. The summed E-state index contributed by atoms with van der Waals surface area (Å²) in [5.74, 6) is 0.355. The zero-order valence-corrected chi connectivity index (χ0v) is 12.4. The lowest BCUT2D eigenvalue weighted by Gasteiger charge is -2.10. The Bertz CT molecular complexity index is 773. The van der Waals surface area contributed by atoms with Gasteiger partial charge < -0.3 is 14.8 Å². The third-order valence-corrected chi connectivity index (χ3v) is 3.52. The second kappa shape index (κ2) is 5.69. The molecule has 0 radical (unpaired) electrons. The van der Waals surface area contributed by atoms with Crippen LogP contribution in [-0.4, -0.2) is 18.5 Å². The van der Waals surface area contributed by atoms with Crippen LogP contribution in [0.25, 0.3) is 0 Å². The van der Waals surface area contributed by atoms with Crippen LogP contribution < -0.4 is 14.8 Å². The molecule has 0 atom stereocenters. The normalized spacial score (nSPS) is 12.1. The number of fused-ring (bicyclic) bond motifs is 1. The van der Waals surface area contributed by atoms with E-state index in [-0.39, 0.29) is 18.5 Å². The summed E-state index contributed by atoms with van der Waals surface area (Å²) in [6.45, 7) is 1.52. The topological polar surface area (TPSA) is 64.6 Å². The van der Waals surface area contributed by atoms with Crippen molar-refractivity contribution in [2.24, 2.45) is 0 Å². The number of nitrogens with one attached hydrogen (secondary N) is 1. The fourth-order valence-electron chi connectivity index (χ4n) is 2.19. The number of halogens is 1. The number of hydrogen-bond donors (Lipinski definition) is 1. The lowest BCUT2D eigenvalue weighted by molar-refractivity contribution is 0.101. The van der Waals surface area contributed by atoms with Gasteiger partial charge >= 0.3 is 0 Å². The van der Waals surface area contributed by atoms with Gasteiger partial charge in [0.05, 0.1) is 10.7 Å². The Morgan fingerprint density at radius 2 is 1.95 bits per heavy atom. The molecule has 2 aromatic rings. The van der Waals surface area contributed by atoms with Crippen LogP contribution in [-0.2, 0) is 0 Å². The van der Waals surface area contributed by atoms with Crippen molar-refractivity contribution < 1.29 is 19.1 Å². The van der Waals surface area contributed by atoms with Crippen molar-refractivity contribution in [2.45, 2.75) is 6.92 Å². The van der Waals surface area contributed by atoms with Crippen LogP contribution in [0.5, 0.6) is 11.5 Å². The molecule has 0 saturated carbocycles. The first kappa shape index (κ1) is 14.4. The van der Waals surface area contributed by atoms with E-state index in [1.54, 1.807) is 30.3 Å². The van der Waals surface area contributed by atoms with Crippen LogP contribution in [0.15, 0.2) is 36.4 Å². The van der Waals surface area contributed by atoms with Gasteiger partial charge in [0.25, 0.3) is 5.91 Å². The van der Waals surface area contributed by atoms with Crippen molar-refractivity contribution in [3.8, 4) is 11.5 Å². The molecule has 112 valence electrons. The van der Waals surface area contributed by atoms with E-state index in [0.717, 1.165) is 0 Å². The van der Waals surface area contributed by atoms with Gasteiger partial charge in [0.15, 0.2) is 17.3 Å². The molecule has 0 saturated heterocycles. The zero-order valence-electron chi connectivity index (χ0n) is 11.7. The molecule has 0 bridgehead atoms. The van der Waals surface area contributed by atoms with Gasteiger partial charge in [-0.2, -0.15) is 0 Å². The SMILES string of the molecule is CC(=O)c1ccccc1NC(=O)c1cc(Cl)c2c(c1)OCO2. The van der Waals surface area contributed by atoms with E-state index in [1.807, 2.05) is 0 Å². The fourth-order valence-corrected chi connectivity index (χ4v) is 2.46. The number of rotatable bonds is 3. The summed E-state index contributed by atoms with van der Waals surface area (Å²) in [6, 6.07) is 9.87. The molecular formula is C16H12ClNO4. The molecule has 6 heteroatoms. The Labute approximate surface area is 131 Å². The van der Waals surface area contributed by atoms with Crippen molar-refractivity contribution in [1.29, 1.82) is 0 Å². The molecule has 22 heavy (non-hydrogen) atoms. The number of hydrogen-bond acceptors (Lipinski definition) is 4. The standard InChI is InChI=1S/C16H12ClNO4/c1-9(19)11-4-2-3-5-13(11)18-16(20)10-6-12(17)15-14(7-10)21-8-22-15/h2-7H,8H2,1H3,(H,18,20). The molecule has 2 aromatic carbocycles. The van der Waals surface area contributed by atoms with E-state index in [2.05, 4.69) is 5.32 Å². The van der Waals surface area contributed by atoms with E-state index in [9.17, 15) is 9.59 Å². The minimum Gasteiger partial charge on any atom is -0.454 e. The van der Waals surface area contributed by atoms with Gasteiger partial charge in [-0.1, -0.05) is 23.7 Å². The number of benzene rings is 2. The number of Topliss-reactive ketones (excluding diaryl/α,β-unsaturated/α-hetero) is 1. The average molecular weight is 318 g/mol. The Balaban J connectivity index is 1.90. The molecule has 0 fully saturated rings. The monoisotopic (exact) mass is 317 g/mol. The van der Waals surface area contributed by atoms with Crippen molar-refractivity contribution in [3.05, 3.63) is 52.5 Å². The van der Waals surface area contributed by atoms with Gasteiger partial charge in [-0.3, -0.25) is 9.59 Å². The van der Waals surface area contributed by atoms with Crippen LogP contribution in [0.2, 0.25) is 5.02 Å². The van der Waals surface area contributed by atoms with Gasteiger partial charge in [-0.15, -0.1) is 0 Å². The molecule has 0 aromatic heterocycles. The Morgan fingerprint density at radius 3 is 2.73 bits per heavy atom. The summed E-state index contributed by atoms with van der Waals surface area (Å²) in [4.78, 5) is 23.9. The number of carbonyl (C=O) groups excluding carboxylic acids is 2. The lowest BCUT2D eigenvalue weighted by Crippen LogP contribution is -2.14. The first-order valence-corrected chi connectivity index (χ1v) is 6.94. The Morgan fingerprint density at radius 1 is 1.18 bits per heavy atom. The molecule has 1 heterocycles. The number of carbonyl (C=O) groups is 2. The highest BCUT2D eigenvalue weighted by Gasteiger charge is 2.21. The molecule has 3 rings (SSSR count). The third kappa shape index (κ3) is 2.63. The number of amides is 1. The third-order valence-electron chi connectivity index (χ3n) is 3.24. The predicted molar refractivity (Wildman–Crippen MR) is 82.0 cm³/mol. The Kier molecular flexibility index (Phi) is 3.73. The van der Waals surface area contributed by atoms with Crippen LogP contribution in [0, 0.1) is 0 Å². The van der Waals surface area contributed by atoms with Gasteiger partial charge in [0.1, 0.15) is 0 Å². The summed E-state index contributed by atoms with van der Waals surface area (Å²) < 4.78 is 10.4. The van der Waals surface area contributed by atoms with Gasteiger partial charge in [-0.25, -0.2) is 0 Å². The van der Waals surface area contributed by atoms with Crippen molar-refractivity contribution in [3.63, 3.8) is 0 Å². The van der Waals surface area contributed by atoms with Crippen LogP contribution >= 0.6 is 11.6 Å². The number of ether oxygens (including phenoxy) is 2. The highest BCUT2D eigenvalue weighted by molar-refractivity contribution is 6.33. The number of para-hydroxylation sites is 1. The zero-order chi connectivity index (χ0) is 15.7. The predicted octanol–water partition coefficient (Wildman–Crippen LogP) is 3.52. The minimum atomic E-state index is -0.381. The molecule has 0 aliphatic carbocycles. The van der Waals surface area contributed by atoms with E-state index in [4.69, 9.17) is 21.1 Å². The maximum Gasteiger partial charge on any atom is 0.255 e. The maximum absolute atomic E-state index is 12.4. The first-order chi connectivity index (χ1) is 10.6. The summed E-state index contributed by atoms with van der Waals surface area (Å²) >= 11 is 6.06. The number of anilines is 1. The molecule has 1 aliphatic rings. The van der Waals surface area contributed by atoms with Gasteiger partial charge in [0.2, 0.25) is 6.79 Å². The molecule has 5 nitrogen and oxygen atoms in total. The van der Waals surface area contributed by atoms with Crippen LogP contribution in [0.4, 0.5) is 5.69 Å². The van der Waals surface area contributed by atoms with Crippen molar-refractivity contribution in [2.75, 3.05) is 12.1 Å². The van der Waals surface area contributed by atoms with E-state index >= 15 is 0 Å². The number of ketones is 1. The highest BCUT2D eigenvalue weighted by atomic mass is 35.5. The van der Waals surface area contributed by atoms with Gasteiger partial charge in [0, 0.05) is 11.1 Å². The molecule has 1 aliphatic heterocycles. The average Bonchev–Trinajstić information content (AvgIpc) is 2.96. The molecule has 1 amide bonds. The molecule has 1 N–H and O–H groups in total. The maximum atomic E-state index is 12.4. The lowest BCUT2D eigenvalue weighted by atomic mass is 10.1. The minimum absolute atomic E-state index is 0.0767. The van der Waals surface area contributed by atoms with Crippen LogP contribution in [0.1, 0.15) is 27.6 Å². The van der Waals surface area contributed by atoms with Gasteiger partial charge in [-0.05, 0) is 31.2 Å². The second-order valence-electron chi connectivity index (χ2n) is 4.75. The summed E-state index contributed by atoms with van der Waals surface area (Å²) in [6.07, 6.45) is 0. The summed E-state index contributed by atoms with van der Waals surface area (Å²) in [5, 5.41) is 3.02. The first-order valence-electron chi connectivity index (χ1n) is 6.56. The largest absolute Gasteiger partial charge is 0.454 e. The smallest absolute Gasteiger partial charge is 0.255 e. The molecular weight excluding hydrogens is 306 g/mol. The summed E-state index contributed by atoms with van der Waals surface area (Å²) in [5.41, 5.74) is 1.23. The van der Waals surface area contributed by atoms with E-state index in [1.165, 1.54) is 13.0 Å². The van der Waals surface area contributed by atoms with Crippen molar-refractivity contribution in [1.82, 2.24) is 0 Å². The van der Waals surface area contributed by atoms with Crippen molar-refractivity contribution >= 4 is 29.0 Å². The van der Waals surface area contributed by atoms with E-state index < -0.39 is 0 Å². The molecule has 0 unspecified atom stereocenters.